The van der Waals surface area contributed by atoms with Crippen molar-refractivity contribution in [2.24, 2.45) is 0 Å². The van der Waals surface area contributed by atoms with Crippen LogP contribution in [0.15, 0.2) is 64.2 Å². The van der Waals surface area contributed by atoms with Crippen molar-refractivity contribution in [3.05, 3.63) is 66.2 Å². The van der Waals surface area contributed by atoms with E-state index in [-0.39, 0.29) is 11.8 Å². The van der Waals surface area contributed by atoms with Gasteiger partial charge in [-0.25, -0.2) is 0 Å². The second-order valence-corrected chi connectivity index (χ2v) is 7.76. The van der Waals surface area contributed by atoms with Gasteiger partial charge in [-0.05, 0) is 55.0 Å². The van der Waals surface area contributed by atoms with Gasteiger partial charge >= 0.3 is 0 Å². The number of pyridine rings is 1. The predicted molar refractivity (Wildman–Crippen MR) is 113 cm³/mol. The molecular formula is C22H22N4O2S. The molecule has 0 unspecified atom stereocenters. The summed E-state index contributed by atoms with van der Waals surface area (Å²) in [6.45, 7) is 1.36. The van der Waals surface area contributed by atoms with Crippen molar-refractivity contribution in [2.75, 3.05) is 19.3 Å². The normalized spacial score (nSPS) is 15.1. The van der Waals surface area contributed by atoms with Gasteiger partial charge in [0.1, 0.15) is 5.69 Å². The molecule has 0 atom stereocenters. The van der Waals surface area contributed by atoms with Crippen LogP contribution >= 0.6 is 11.8 Å². The highest BCUT2D eigenvalue weighted by Gasteiger charge is 2.27. The van der Waals surface area contributed by atoms with Crippen LogP contribution in [0.4, 0.5) is 0 Å². The molecule has 4 rings (SSSR count). The summed E-state index contributed by atoms with van der Waals surface area (Å²) < 4.78 is 5.46. The van der Waals surface area contributed by atoms with E-state index in [1.54, 1.807) is 24.0 Å². The first-order valence-electron chi connectivity index (χ1n) is 9.59. The number of carbonyl (C=O) groups excluding carboxylic acids is 1. The molecule has 1 aliphatic rings. The molecule has 1 saturated heterocycles. The first-order valence-corrected chi connectivity index (χ1v) is 10.8. The standard InChI is InChI=1S/C22H22N4O2S/c1-29-18-8-5-16(6-9-18)7-10-20(27)26-14-11-17(12-15-26)22-24-21(25-28-22)19-4-2-3-13-23-19/h2-10,13,17H,11-12,14-15H2,1H3/b10-7+. The number of hydrogen-bond acceptors (Lipinski definition) is 6. The summed E-state index contributed by atoms with van der Waals surface area (Å²) in [5.74, 6) is 1.35. The number of rotatable bonds is 5. The Bertz CT molecular complexity index is 978. The second kappa shape index (κ2) is 9.05. The molecule has 1 aromatic carbocycles. The van der Waals surface area contributed by atoms with Crippen molar-refractivity contribution in [1.82, 2.24) is 20.0 Å². The minimum absolute atomic E-state index is 0.0390. The predicted octanol–water partition coefficient (Wildman–Crippen LogP) is 4.27. The van der Waals surface area contributed by atoms with Gasteiger partial charge in [0.15, 0.2) is 0 Å². The topological polar surface area (TPSA) is 72.1 Å². The van der Waals surface area contributed by atoms with Crippen molar-refractivity contribution in [3.8, 4) is 11.5 Å². The van der Waals surface area contributed by atoms with Gasteiger partial charge in [-0.1, -0.05) is 23.4 Å². The highest BCUT2D eigenvalue weighted by Crippen LogP contribution is 2.28. The molecule has 0 N–H and O–H groups in total. The van der Waals surface area contributed by atoms with Crippen LogP contribution in [0.2, 0.25) is 0 Å². The quantitative estimate of drug-likeness (QED) is 0.465. The lowest BCUT2D eigenvalue weighted by molar-refractivity contribution is -0.127. The Labute approximate surface area is 174 Å². The largest absolute Gasteiger partial charge is 0.339 e. The molecule has 6 nitrogen and oxygen atoms in total. The van der Waals surface area contributed by atoms with Gasteiger partial charge in [-0.2, -0.15) is 4.98 Å². The summed E-state index contributed by atoms with van der Waals surface area (Å²) in [5.41, 5.74) is 1.73. The van der Waals surface area contributed by atoms with Crippen molar-refractivity contribution in [3.63, 3.8) is 0 Å². The molecule has 1 amide bonds. The Morgan fingerprint density at radius 1 is 1.17 bits per heavy atom. The van der Waals surface area contributed by atoms with Gasteiger partial charge in [-0.3, -0.25) is 9.78 Å². The average Bonchev–Trinajstić information content (AvgIpc) is 3.29. The highest BCUT2D eigenvalue weighted by molar-refractivity contribution is 7.98. The number of thioether (sulfide) groups is 1. The summed E-state index contributed by atoms with van der Waals surface area (Å²) in [5, 5.41) is 4.05. The van der Waals surface area contributed by atoms with E-state index in [1.807, 2.05) is 47.6 Å². The van der Waals surface area contributed by atoms with Crippen molar-refractivity contribution in [2.45, 2.75) is 23.7 Å². The van der Waals surface area contributed by atoms with Crippen LogP contribution in [0.1, 0.15) is 30.2 Å². The third kappa shape index (κ3) is 4.74. The number of benzene rings is 1. The van der Waals surface area contributed by atoms with E-state index in [9.17, 15) is 4.79 Å². The van der Waals surface area contributed by atoms with E-state index in [1.165, 1.54) is 4.90 Å². The van der Waals surface area contributed by atoms with Gasteiger partial charge in [0, 0.05) is 36.2 Å². The first-order chi connectivity index (χ1) is 14.2. The Morgan fingerprint density at radius 2 is 1.97 bits per heavy atom. The molecule has 0 radical (unpaired) electrons. The second-order valence-electron chi connectivity index (χ2n) is 6.88. The van der Waals surface area contributed by atoms with E-state index in [2.05, 4.69) is 27.3 Å². The monoisotopic (exact) mass is 406 g/mol. The average molecular weight is 407 g/mol. The summed E-state index contributed by atoms with van der Waals surface area (Å²) in [7, 11) is 0. The SMILES string of the molecule is CSc1ccc(/C=C/C(=O)N2CCC(c3nc(-c4ccccn4)no3)CC2)cc1. The molecule has 0 aliphatic carbocycles. The fraction of sp³-hybridized carbons (Fsp3) is 0.273. The Morgan fingerprint density at radius 3 is 2.66 bits per heavy atom. The Hall–Kier alpha value is -2.93. The minimum atomic E-state index is 0.0390. The van der Waals surface area contributed by atoms with Crippen LogP contribution in [0.3, 0.4) is 0 Å². The number of nitrogens with zero attached hydrogens (tertiary/aromatic N) is 4. The summed E-state index contributed by atoms with van der Waals surface area (Å²) in [6, 6.07) is 13.8. The summed E-state index contributed by atoms with van der Waals surface area (Å²) >= 11 is 1.70. The number of likely N-dealkylation sites (tertiary alicyclic amines) is 1. The zero-order valence-electron chi connectivity index (χ0n) is 16.2. The third-order valence-electron chi connectivity index (χ3n) is 5.03. The van der Waals surface area contributed by atoms with Crippen LogP contribution in [0, 0.1) is 0 Å². The van der Waals surface area contributed by atoms with Crippen molar-refractivity contribution in [1.29, 1.82) is 0 Å². The molecule has 29 heavy (non-hydrogen) atoms. The molecule has 1 fully saturated rings. The number of aromatic nitrogens is 3. The summed E-state index contributed by atoms with van der Waals surface area (Å²) in [4.78, 5) is 24.3. The number of carbonyl (C=O) groups is 1. The van der Waals surface area contributed by atoms with Gasteiger partial charge in [0.2, 0.25) is 17.6 Å². The molecule has 0 bridgehead atoms. The third-order valence-corrected chi connectivity index (χ3v) is 5.77. The molecule has 0 saturated carbocycles. The lowest BCUT2D eigenvalue weighted by Gasteiger charge is -2.29. The number of piperidine rings is 1. The fourth-order valence-electron chi connectivity index (χ4n) is 3.33. The highest BCUT2D eigenvalue weighted by atomic mass is 32.2. The van der Waals surface area contributed by atoms with Crippen LogP contribution in [-0.2, 0) is 4.79 Å². The Balaban J connectivity index is 1.32. The maximum Gasteiger partial charge on any atom is 0.246 e. The minimum Gasteiger partial charge on any atom is -0.339 e. The van der Waals surface area contributed by atoms with E-state index >= 15 is 0 Å². The van der Waals surface area contributed by atoms with Gasteiger partial charge in [0.05, 0.1) is 0 Å². The molecular weight excluding hydrogens is 384 g/mol. The Kier molecular flexibility index (Phi) is 6.05. The molecule has 7 heteroatoms. The zero-order valence-corrected chi connectivity index (χ0v) is 17.0. The fourth-order valence-corrected chi connectivity index (χ4v) is 3.74. The van der Waals surface area contributed by atoms with Crippen LogP contribution in [0.5, 0.6) is 0 Å². The number of amides is 1. The van der Waals surface area contributed by atoms with Gasteiger partial charge in [0.25, 0.3) is 0 Å². The molecule has 148 valence electrons. The number of hydrogen-bond donors (Lipinski definition) is 0. The van der Waals surface area contributed by atoms with E-state index in [4.69, 9.17) is 4.52 Å². The van der Waals surface area contributed by atoms with Crippen molar-refractivity contribution >= 4 is 23.7 Å². The van der Waals surface area contributed by atoms with Crippen molar-refractivity contribution < 1.29 is 9.32 Å². The molecule has 2 aromatic heterocycles. The maximum atomic E-state index is 12.5. The molecule has 1 aliphatic heterocycles. The molecule has 3 aromatic rings. The van der Waals surface area contributed by atoms with Crippen LogP contribution in [0.25, 0.3) is 17.6 Å². The molecule has 0 spiro atoms. The van der Waals surface area contributed by atoms with E-state index < -0.39 is 0 Å². The smallest absolute Gasteiger partial charge is 0.246 e. The van der Waals surface area contributed by atoms with E-state index in [0.717, 1.165) is 18.4 Å². The zero-order chi connectivity index (χ0) is 20.1. The molecule has 3 heterocycles. The summed E-state index contributed by atoms with van der Waals surface area (Å²) in [6.07, 6.45) is 8.90. The van der Waals surface area contributed by atoms with Crippen LogP contribution in [-0.4, -0.2) is 45.3 Å². The van der Waals surface area contributed by atoms with Gasteiger partial charge in [-0.15, -0.1) is 11.8 Å². The lowest BCUT2D eigenvalue weighted by atomic mass is 9.96. The maximum absolute atomic E-state index is 12.5. The first kappa shape index (κ1) is 19.4. The van der Waals surface area contributed by atoms with Crippen LogP contribution < -0.4 is 0 Å². The van der Waals surface area contributed by atoms with Gasteiger partial charge < -0.3 is 9.42 Å². The lowest BCUT2D eigenvalue weighted by Crippen LogP contribution is -2.36. The van der Waals surface area contributed by atoms with E-state index in [0.29, 0.717) is 30.5 Å².